The molecular weight excluding hydrogens is 449 g/mol. The van der Waals surface area contributed by atoms with E-state index in [2.05, 4.69) is 15.4 Å². The van der Waals surface area contributed by atoms with Gasteiger partial charge in [0, 0.05) is 23.9 Å². The lowest BCUT2D eigenvalue weighted by molar-refractivity contribution is -0.114. The molecule has 0 heterocycles. The van der Waals surface area contributed by atoms with Crippen LogP contribution in [0.3, 0.4) is 0 Å². The van der Waals surface area contributed by atoms with E-state index >= 15 is 0 Å². The highest BCUT2D eigenvalue weighted by atomic mass is 32.2. The Labute approximate surface area is 190 Å². The van der Waals surface area contributed by atoms with Gasteiger partial charge in [-0.3, -0.25) is 14.3 Å². The van der Waals surface area contributed by atoms with Crippen LogP contribution in [0.4, 0.5) is 21.5 Å². The number of ether oxygens (including phenoxy) is 1. The number of anilines is 3. The van der Waals surface area contributed by atoms with Gasteiger partial charge >= 0.3 is 0 Å². The molecule has 0 spiro atoms. The largest absolute Gasteiger partial charge is 0.495 e. The average Bonchev–Trinajstić information content (AvgIpc) is 2.75. The number of methoxy groups -OCH3 is 1. The summed E-state index contributed by atoms with van der Waals surface area (Å²) in [6.07, 6.45) is 0. The lowest BCUT2D eigenvalue weighted by atomic mass is 10.1. The summed E-state index contributed by atoms with van der Waals surface area (Å²) in [4.78, 5) is 24.2. The zero-order chi connectivity index (χ0) is 24.2. The number of hydrogen-bond donors (Lipinski definition) is 3. The monoisotopic (exact) mass is 471 g/mol. The van der Waals surface area contributed by atoms with Crippen molar-refractivity contribution < 1.29 is 27.1 Å². The van der Waals surface area contributed by atoms with E-state index in [1.165, 1.54) is 50.4 Å². The van der Waals surface area contributed by atoms with E-state index in [4.69, 9.17) is 4.74 Å². The van der Waals surface area contributed by atoms with E-state index < -0.39 is 21.7 Å². The molecule has 172 valence electrons. The molecule has 0 saturated carbocycles. The van der Waals surface area contributed by atoms with Crippen molar-refractivity contribution in [3.05, 3.63) is 77.6 Å². The fourth-order valence-electron chi connectivity index (χ4n) is 3.02. The molecule has 0 saturated heterocycles. The number of benzene rings is 3. The van der Waals surface area contributed by atoms with Gasteiger partial charge in [-0.25, -0.2) is 12.8 Å². The molecule has 0 radical (unpaired) electrons. The molecule has 3 aromatic rings. The van der Waals surface area contributed by atoms with Crippen LogP contribution in [0.15, 0.2) is 65.6 Å². The van der Waals surface area contributed by atoms with Crippen LogP contribution in [0.5, 0.6) is 5.75 Å². The fourth-order valence-corrected chi connectivity index (χ4v) is 4.10. The number of rotatable bonds is 7. The Bertz CT molecular complexity index is 1310. The minimum atomic E-state index is -4.02. The number of carbonyl (C=O) groups excluding carboxylic acids is 2. The van der Waals surface area contributed by atoms with Gasteiger partial charge in [-0.2, -0.15) is 0 Å². The third-order valence-electron chi connectivity index (χ3n) is 4.63. The first kappa shape index (κ1) is 23.7. The third kappa shape index (κ3) is 5.86. The molecule has 10 heteroatoms. The summed E-state index contributed by atoms with van der Waals surface area (Å²) in [6.45, 7) is 3.02. The van der Waals surface area contributed by atoms with Crippen molar-refractivity contribution in [2.75, 3.05) is 22.5 Å². The maximum atomic E-state index is 13.1. The number of nitrogens with one attached hydrogen (secondary N) is 3. The standard InChI is InChI=1S/C23H22FN3O5S/c1-14-4-10-19(33(30,31)27-17-7-5-16(24)6-8-17)13-20(14)23(29)26-18-9-11-22(32-3)21(12-18)25-15(2)28/h4-13,27H,1-3H3,(H,25,28)(H,26,29). The lowest BCUT2D eigenvalue weighted by Gasteiger charge is -2.14. The Morgan fingerprint density at radius 1 is 0.909 bits per heavy atom. The highest BCUT2D eigenvalue weighted by Gasteiger charge is 2.19. The second-order valence-electron chi connectivity index (χ2n) is 7.14. The third-order valence-corrected chi connectivity index (χ3v) is 6.01. The predicted molar refractivity (Wildman–Crippen MR) is 124 cm³/mol. The van der Waals surface area contributed by atoms with Gasteiger partial charge < -0.3 is 15.4 Å². The number of sulfonamides is 1. The van der Waals surface area contributed by atoms with E-state index in [9.17, 15) is 22.4 Å². The van der Waals surface area contributed by atoms with Crippen LogP contribution in [0.25, 0.3) is 0 Å². The highest BCUT2D eigenvalue weighted by molar-refractivity contribution is 7.92. The van der Waals surface area contributed by atoms with Crippen molar-refractivity contribution in [3.63, 3.8) is 0 Å². The minimum absolute atomic E-state index is 0.128. The smallest absolute Gasteiger partial charge is 0.261 e. The summed E-state index contributed by atoms with van der Waals surface area (Å²) in [6, 6.07) is 13.7. The molecular formula is C23H22FN3O5S. The maximum absolute atomic E-state index is 13.1. The summed E-state index contributed by atoms with van der Waals surface area (Å²) in [7, 11) is -2.56. The molecule has 0 aromatic heterocycles. The molecule has 3 rings (SSSR count). The van der Waals surface area contributed by atoms with Crippen LogP contribution in [0.2, 0.25) is 0 Å². The number of amides is 2. The number of hydrogen-bond acceptors (Lipinski definition) is 5. The SMILES string of the molecule is COc1ccc(NC(=O)c2cc(S(=O)(=O)Nc3ccc(F)cc3)ccc2C)cc1NC(C)=O. The summed E-state index contributed by atoms with van der Waals surface area (Å²) in [5.74, 6) is -0.920. The lowest BCUT2D eigenvalue weighted by Crippen LogP contribution is -2.17. The van der Waals surface area contributed by atoms with Crippen LogP contribution in [0.1, 0.15) is 22.8 Å². The quantitative estimate of drug-likeness (QED) is 0.479. The molecule has 3 N–H and O–H groups in total. The molecule has 0 bridgehead atoms. The van der Waals surface area contributed by atoms with Gasteiger partial charge in [0.15, 0.2) is 0 Å². The van der Waals surface area contributed by atoms with E-state index in [-0.39, 0.29) is 22.1 Å². The zero-order valence-electron chi connectivity index (χ0n) is 18.1. The maximum Gasteiger partial charge on any atom is 0.261 e. The predicted octanol–water partition coefficient (Wildman–Crippen LogP) is 4.15. The second kappa shape index (κ2) is 9.70. The first-order chi connectivity index (χ1) is 15.6. The Morgan fingerprint density at radius 3 is 2.21 bits per heavy atom. The average molecular weight is 472 g/mol. The van der Waals surface area contributed by atoms with Crippen molar-refractivity contribution >= 4 is 38.9 Å². The van der Waals surface area contributed by atoms with Crippen LogP contribution in [-0.2, 0) is 14.8 Å². The Hall–Kier alpha value is -3.92. The zero-order valence-corrected chi connectivity index (χ0v) is 18.9. The van der Waals surface area contributed by atoms with Gasteiger partial charge in [0.25, 0.3) is 15.9 Å². The summed E-state index contributed by atoms with van der Waals surface area (Å²) in [5, 5.41) is 5.31. The Morgan fingerprint density at radius 2 is 1.58 bits per heavy atom. The van der Waals surface area contributed by atoms with E-state index in [0.717, 1.165) is 12.1 Å². The molecule has 8 nitrogen and oxygen atoms in total. The molecule has 0 aliphatic rings. The van der Waals surface area contributed by atoms with Crippen LogP contribution in [-0.4, -0.2) is 27.3 Å². The molecule has 0 fully saturated rings. The first-order valence-corrected chi connectivity index (χ1v) is 11.2. The van der Waals surface area contributed by atoms with Gasteiger partial charge in [0.1, 0.15) is 11.6 Å². The van der Waals surface area contributed by atoms with Crippen molar-refractivity contribution in [2.45, 2.75) is 18.7 Å². The number of aryl methyl sites for hydroxylation is 1. The van der Waals surface area contributed by atoms with Crippen LogP contribution < -0.4 is 20.1 Å². The fraction of sp³-hybridized carbons (Fsp3) is 0.130. The minimum Gasteiger partial charge on any atom is -0.495 e. The van der Waals surface area contributed by atoms with Crippen molar-refractivity contribution in [3.8, 4) is 5.75 Å². The molecule has 3 aromatic carbocycles. The molecule has 0 aliphatic carbocycles. The molecule has 2 amide bonds. The molecule has 0 aliphatic heterocycles. The van der Waals surface area contributed by atoms with Gasteiger partial charge in [0.2, 0.25) is 5.91 Å². The Balaban J connectivity index is 1.86. The van der Waals surface area contributed by atoms with E-state index in [0.29, 0.717) is 22.7 Å². The normalized spacial score (nSPS) is 10.9. The molecule has 33 heavy (non-hydrogen) atoms. The highest BCUT2D eigenvalue weighted by Crippen LogP contribution is 2.28. The van der Waals surface area contributed by atoms with Crippen LogP contribution >= 0.6 is 0 Å². The summed E-state index contributed by atoms with van der Waals surface area (Å²) in [5.41, 5.74) is 1.64. The van der Waals surface area contributed by atoms with Crippen LogP contribution in [0, 0.1) is 12.7 Å². The van der Waals surface area contributed by atoms with Gasteiger partial charge in [-0.15, -0.1) is 0 Å². The van der Waals surface area contributed by atoms with Gasteiger partial charge in [-0.1, -0.05) is 6.07 Å². The second-order valence-corrected chi connectivity index (χ2v) is 8.82. The topological polar surface area (TPSA) is 114 Å². The first-order valence-electron chi connectivity index (χ1n) is 9.75. The number of halogens is 1. The van der Waals surface area contributed by atoms with Crippen molar-refractivity contribution in [2.24, 2.45) is 0 Å². The van der Waals surface area contributed by atoms with E-state index in [1.54, 1.807) is 19.1 Å². The summed E-state index contributed by atoms with van der Waals surface area (Å²) < 4.78 is 46.2. The van der Waals surface area contributed by atoms with Gasteiger partial charge in [0.05, 0.1) is 17.7 Å². The van der Waals surface area contributed by atoms with Gasteiger partial charge in [-0.05, 0) is 67.1 Å². The van der Waals surface area contributed by atoms with Crippen molar-refractivity contribution in [1.29, 1.82) is 0 Å². The Kier molecular flexibility index (Phi) is 6.98. The summed E-state index contributed by atoms with van der Waals surface area (Å²) >= 11 is 0. The molecule has 0 atom stereocenters. The molecule has 0 unspecified atom stereocenters. The van der Waals surface area contributed by atoms with E-state index in [1.807, 2.05) is 0 Å². The number of carbonyl (C=O) groups is 2. The van der Waals surface area contributed by atoms with Crippen molar-refractivity contribution in [1.82, 2.24) is 0 Å².